The molecule has 17 heteroatoms. The van der Waals surface area contributed by atoms with Crippen LogP contribution in [0.15, 0.2) is 219 Å². The van der Waals surface area contributed by atoms with E-state index in [1.165, 1.54) is 36.7 Å². The van der Waals surface area contributed by atoms with Crippen molar-refractivity contribution >= 4 is 77.5 Å². The van der Waals surface area contributed by atoms with E-state index in [4.69, 9.17) is 0 Å². The van der Waals surface area contributed by atoms with Gasteiger partial charge in [0.1, 0.15) is 0 Å². The molecule has 0 atom stereocenters. The van der Waals surface area contributed by atoms with Crippen LogP contribution in [-0.2, 0) is 54.6 Å². The molecule has 0 aliphatic heterocycles. The van der Waals surface area contributed by atoms with Crippen molar-refractivity contribution < 1.29 is 46.9 Å². The highest BCUT2D eigenvalue weighted by Crippen LogP contribution is 2.24. The van der Waals surface area contributed by atoms with Gasteiger partial charge >= 0.3 is 0 Å². The van der Waals surface area contributed by atoms with Crippen LogP contribution in [0.3, 0.4) is 0 Å². The highest BCUT2D eigenvalue weighted by molar-refractivity contribution is 7.93. The minimum absolute atomic E-state index is 0.0655. The van der Waals surface area contributed by atoms with Gasteiger partial charge in [0.15, 0.2) is 55.0 Å². The van der Waals surface area contributed by atoms with Gasteiger partial charge in [0.2, 0.25) is 0 Å². The number of aryl methyl sites for hydroxylation is 2. The minimum Gasteiger partial charge on any atom is -0.375 e. The Morgan fingerprint density at radius 2 is 0.864 bits per heavy atom. The van der Waals surface area contributed by atoms with E-state index >= 15 is 0 Å². The average Bonchev–Trinajstić information content (AvgIpc) is 3.43. The van der Waals surface area contributed by atoms with E-state index in [-0.39, 0.29) is 11.2 Å². The molecule has 0 N–H and O–H groups in total. The van der Waals surface area contributed by atoms with E-state index in [0.29, 0.717) is 19.6 Å². The second-order valence-corrected chi connectivity index (χ2v) is 30.2. The third-order valence-corrected chi connectivity index (χ3v) is 16.9. The van der Waals surface area contributed by atoms with Crippen molar-refractivity contribution in [1.29, 1.82) is 0 Å². The zero-order chi connectivity index (χ0) is 61.0. The summed E-state index contributed by atoms with van der Waals surface area (Å²) in [7, 11) is -13.3. The van der Waals surface area contributed by atoms with Gasteiger partial charge in [0.25, 0.3) is 0 Å². The molecule has 0 amide bonds. The molecule has 0 saturated carbocycles. The number of benzene rings is 8. The fourth-order valence-electron chi connectivity index (χ4n) is 7.17. The van der Waals surface area contributed by atoms with Crippen molar-refractivity contribution in [1.82, 2.24) is 0 Å². The fourth-order valence-corrected chi connectivity index (χ4v) is 10.3. The molecular formula is C64H75NO11S5. The Labute approximate surface area is 482 Å². The molecule has 0 aromatic heterocycles. The van der Waals surface area contributed by atoms with Gasteiger partial charge in [-0.25, -0.2) is 42.1 Å². The standard InChI is InChI=1S/C13H12O2S.C11H15NO.C11H10O2S.C11H16O2S.C9H12O2S.C9H10O2S/c1-16(14,15)13-9-7-12(8-10-13)11-5-3-2-4-6-11;1-4-12(3)11-7-5-10(6-8-11)9(2)13;1-14(12,13)11-7-6-9-4-2-3-5-10(9)8-11;1-11(2,3)9-5-7-10(8-6-9)14(4,12)13;1-7-4-8(2)6-9(5-7)12(3,10)11;1-12(10,11)8-7-9-5-3-2-4-6-9/h2-10H,1H3;5-8H,4H2,1-3H3;2-8H,1H3;5-8H,1-4H3;4-6H,1-3H3;2-8H,1H3/b;;;;;8-7+. The van der Waals surface area contributed by atoms with Crippen LogP contribution in [0.4, 0.5) is 5.69 Å². The van der Waals surface area contributed by atoms with Gasteiger partial charge in [-0.15, -0.1) is 0 Å². The molecular weight excluding hydrogens is 1120 g/mol. The lowest BCUT2D eigenvalue weighted by atomic mass is 9.87. The number of Topliss-reactive ketones (excluding diaryl/α,β-unsaturated/α-hetero) is 1. The Hall–Kier alpha value is -7.02. The van der Waals surface area contributed by atoms with Crippen molar-refractivity contribution in [3.8, 4) is 11.1 Å². The van der Waals surface area contributed by atoms with Crippen LogP contribution in [0.5, 0.6) is 0 Å². The summed E-state index contributed by atoms with van der Waals surface area (Å²) in [6.07, 6.45) is 7.63. The summed E-state index contributed by atoms with van der Waals surface area (Å²) in [5.74, 6) is 0.116. The second kappa shape index (κ2) is 30.2. The van der Waals surface area contributed by atoms with Crippen LogP contribution in [0.2, 0.25) is 0 Å². The number of rotatable bonds is 10. The van der Waals surface area contributed by atoms with Crippen molar-refractivity contribution in [2.75, 3.05) is 49.8 Å². The molecule has 0 bridgehead atoms. The quantitative estimate of drug-likeness (QED) is 0.118. The summed E-state index contributed by atoms with van der Waals surface area (Å²) in [6.45, 7) is 14.7. The van der Waals surface area contributed by atoms with Gasteiger partial charge in [0, 0.05) is 61.5 Å². The van der Waals surface area contributed by atoms with E-state index in [2.05, 4.69) is 32.6 Å². The van der Waals surface area contributed by atoms with Crippen molar-refractivity contribution in [2.45, 2.75) is 73.5 Å². The number of carbonyl (C=O) groups is 1. The second-order valence-electron chi connectivity index (χ2n) is 20.2. The smallest absolute Gasteiger partial charge is 0.175 e. The van der Waals surface area contributed by atoms with E-state index in [1.807, 2.05) is 166 Å². The number of anilines is 1. The Bertz CT molecular complexity index is 3920. The first-order valence-electron chi connectivity index (χ1n) is 25.4. The first-order chi connectivity index (χ1) is 37.5. The predicted octanol–water partition coefficient (Wildman–Crippen LogP) is 13.1. The van der Waals surface area contributed by atoms with Crippen LogP contribution >= 0.6 is 0 Å². The molecule has 432 valence electrons. The highest BCUT2D eigenvalue weighted by Gasteiger charge is 2.15. The van der Waals surface area contributed by atoms with Crippen molar-refractivity contribution in [3.05, 3.63) is 227 Å². The maximum atomic E-state index is 11.3. The Balaban J connectivity index is 0.000000256. The highest BCUT2D eigenvalue weighted by atomic mass is 32.2. The van der Waals surface area contributed by atoms with Gasteiger partial charge in [-0.1, -0.05) is 142 Å². The number of ketones is 1. The summed E-state index contributed by atoms with van der Waals surface area (Å²) in [6, 6.07) is 59.0. The Kier molecular flexibility index (Phi) is 25.4. The van der Waals surface area contributed by atoms with Crippen LogP contribution < -0.4 is 4.90 Å². The Morgan fingerprint density at radius 1 is 0.457 bits per heavy atom. The minimum atomic E-state index is -3.10. The lowest BCUT2D eigenvalue weighted by molar-refractivity contribution is 0.101. The summed E-state index contributed by atoms with van der Waals surface area (Å²) in [5, 5.41) is 3.21. The molecule has 8 aromatic rings. The van der Waals surface area contributed by atoms with Gasteiger partial charge in [-0.3, -0.25) is 4.79 Å². The molecule has 0 spiro atoms. The van der Waals surface area contributed by atoms with E-state index < -0.39 is 49.2 Å². The molecule has 0 heterocycles. The molecule has 12 nitrogen and oxygen atoms in total. The average molecular weight is 1190 g/mol. The third-order valence-electron chi connectivity index (χ3n) is 11.8. The largest absolute Gasteiger partial charge is 0.375 e. The molecule has 81 heavy (non-hydrogen) atoms. The van der Waals surface area contributed by atoms with E-state index in [9.17, 15) is 46.9 Å². The summed E-state index contributed by atoms with van der Waals surface area (Å²) < 4.78 is 111. The number of nitrogens with zero attached hydrogens (tertiary/aromatic N) is 1. The van der Waals surface area contributed by atoms with Crippen LogP contribution in [0.1, 0.15) is 67.2 Å². The maximum Gasteiger partial charge on any atom is 0.175 e. The van der Waals surface area contributed by atoms with E-state index in [1.54, 1.807) is 61.5 Å². The normalized spacial score (nSPS) is 11.6. The monoisotopic (exact) mass is 1190 g/mol. The first kappa shape index (κ1) is 68.3. The van der Waals surface area contributed by atoms with Crippen molar-refractivity contribution in [3.63, 3.8) is 0 Å². The van der Waals surface area contributed by atoms with Crippen LogP contribution in [-0.4, -0.2) is 92.7 Å². The summed E-state index contributed by atoms with van der Waals surface area (Å²) in [5.41, 5.74) is 8.09. The van der Waals surface area contributed by atoms with Gasteiger partial charge in [-0.05, 0) is 156 Å². The summed E-state index contributed by atoms with van der Waals surface area (Å²) in [4.78, 5) is 14.6. The third kappa shape index (κ3) is 25.1. The van der Waals surface area contributed by atoms with Crippen molar-refractivity contribution in [2.24, 2.45) is 0 Å². The molecule has 0 aliphatic carbocycles. The molecule has 8 aromatic carbocycles. The zero-order valence-corrected chi connectivity index (χ0v) is 52.4. The fraction of sp³-hybridized carbons (Fsp3) is 0.234. The summed E-state index contributed by atoms with van der Waals surface area (Å²) >= 11 is 0. The zero-order valence-electron chi connectivity index (χ0n) is 48.3. The first-order valence-corrected chi connectivity index (χ1v) is 34.9. The number of hydrogen-bond donors (Lipinski definition) is 0. The van der Waals surface area contributed by atoms with Crippen LogP contribution in [0, 0.1) is 13.8 Å². The van der Waals surface area contributed by atoms with E-state index in [0.717, 1.165) is 61.9 Å². The molecule has 0 fully saturated rings. The number of sulfone groups is 5. The topological polar surface area (TPSA) is 191 Å². The Morgan fingerprint density at radius 3 is 1.28 bits per heavy atom. The predicted molar refractivity (Wildman–Crippen MR) is 335 cm³/mol. The van der Waals surface area contributed by atoms with Gasteiger partial charge in [-0.2, -0.15) is 0 Å². The van der Waals surface area contributed by atoms with Gasteiger partial charge < -0.3 is 4.90 Å². The molecule has 0 unspecified atom stereocenters. The number of hydrogen-bond acceptors (Lipinski definition) is 12. The number of fused-ring (bicyclic) bond motifs is 1. The molecule has 0 saturated heterocycles. The lowest BCUT2D eigenvalue weighted by Gasteiger charge is -2.18. The maximum absolute atomic E-state index is 11.3. The van der Waals surface area contributed by atoms with Gasteiger partial charge in [0.05, 0.1) is 19.6 Å². The molecule has 0 aliphatic rings. The van der Waals surface area contributed by atoms with Crippen LogP contribution in [0.25, 0.3) is 28.0 Å². The lowest BCUT2D eigenvalue weighted by Crippen LogP contribution is -2.15. The molecule has 0 radical (unpaired) electrons. The number of carbonyl (C=O) groups excluding carboxylic acids is 1. The SMILES string of the molecule is CC(C)(C)c1ccc(S(C)(=O)=O)cc1.CCN(C)c1ccc(C(C)=O)cc1.CS(=O)(=O)/C=C/c1ccccc1.CS(=O)(=O)c1ccc(-c2ccccc2)cc1.CS(=O)(=O)c1ccc2ccccc2c1.Cc1cc(C)cc(S(C)(=O)=O)c1. The molecule has 8 rings (SSSR count).